The Balaban J connectivity index is 1.74. The van der Waals surface area contributed by atoms with Crippen LogP contribution >= 0.6 is 11.6 Å². The lowest BCUT2D eigenvalue weighted by molar-refractivity contribution is -0.125. The summed E-state index contributed by atoms with van der Waals surface area (Å²) in [7, 11) is 0. The number of carbonyl (C=O) groups excluding carboxylic acids is 2. The number of benzene rings is 2. The summed E-state index contributed by atoms with van der Waals surface area (Å²) in [4.78, 5) is 29.1. The zero-order valence-corrected chi connectivity index (χ0v) is 16.7. The van der Waals surface area contributed by atoms with Crippen LogP contribution in [-0.4, -0.2) is 49.6 Å². The van der Waals surface area contributed by atoms with Gasteiger partial charge in [0.05, 0.1) is 10.7 Å². The number of para-hydroxylation sites is 1. The van der Waals surface area contributed by atoms with Crippen LogP contribution in [0.1, 0.15) is 18.5 Å². The van der Waals surface area contributed by atoms with E-state index in [1.165, 1.54) is 0 Å². The number of rotatable bonds is 5. The lowest BCUT2D eigenvalue weighted by Gasteiger charge is -2.39. The Morgan fingerprint density at radius 3 is 2.29 bits per heavy atom. The molecule has 1 aliphatic rings. The monoisotopic (exact) mass is 400 g/mol. The fourth-order valence-corrected chi connectivity index (χ4v) is 3.73. The third-order valence-corrected chi connectivity index (χ3v) is 5.13. The standard InChI is InChI=1S/C21H25ClN4O2/c1-2-23-21(28)24-20(27)19(16-8-4-3-5-9-16)26-14-12-25(13-15-26)18-11-7-6-10-17(18)22/h3-11,19H,2,12-15H2,1H3,(H2,23,24,27,28)/t19-/m1/s1. The smallest absolute Gasteiger partial charge is 0.321 e. The number of amides is 3. The van der Waals surface area contributed by atoms with Crippen molar-refractivity contribution in [2.75, 3.05) is 37.6 Å². The van der Waals surface area contributed by atoms with E-state index >= 15 is 0 Å². The lowest BCUT2D eigenvalue weighted by Crippen LogP contribution is -2.52. The molecule has 1 fully saturated rings. The van der Waals surface area contributed by atoms with Crippen molar-refractivity contribution in [1.82, 2.24) is 15.5 Å². The summed E-state index contributed by atoms with van der Waals surface area (Å²) < 4.78 is 0. The molecule has 1 atom stereocenters. The van der Waals surface area contributed by atoms with Gasteiger partial charge in [-0.05, 0) is 24.6 Å². The molecule has 0 bridgehead atoms. The maximum absolute atomic E-state index is 12.9. The largest absolute Gasteiger partial charge is 0.368 e. The van der Waals surface area contributed by atoms with Gasteiger partial charge in [-0.3, -0.25) is 15.0 Å². The summed E-state index contributed by atoms with van der Waals surface area (Å²) in [6, 6.07) is 16.4. The van der Waals surface area contributed by atoms with Crippen molar-refractivity contribution < 1.29 is 9.59 Å². The number of nitrogens with zero attached hydrogens (tertiary/aromatic N) is 2. The molecule has 7 heteroatoms. The first-order chi connectivity index (χ1) is 13.6. The number of anilines is 1. The summed E-state index contributed by atoms with van der Waals surface area (Å²) in [5, 5.41) is 5.80. The van der Waals surface area contributed by atoms with Gasteiger partial charge >= 0.3 is 6.03 Å². The van der Waals surface area contributed by atoms with E-state index in [4.69, 9.17) is 11.6 Å². The third-order valence-electron chi connectivity index (χ3n) is 4.81. The Hall–Kier alpha value is -2.57. The van der Waals surface area contributed by atoms with Crippen molar-refractivity contribution in [2.24, 2.45) is 0 Å². The van der Waals surface area contributed by atoms with Gasteiger partial charge in [-0.1, -0.05) is 54.1 Å². The van der Waals surface area contributed by atoms with Crippen LogP contribution in [0.2, 0.25) is 5.02 Å². The molecule has 3 rings (SSSR count). The van der Waals surface area contributed by atoms with Crippen molar-refractivity contribution in [2.45, 2.75) is 13.0 Å². The molecular formula is C21H25ClN4O2. The quantitative estimate of drug-likeness (QED) is 0.809. The lowest BCUT2D eigenvalue weighted by atomic mass is 10.0. The summed E-state index contributed by atoms with van der Waals surface area (Å²) in [5.41, 5.74) is 1.88. The molecule has 28 heavy (non-hydrogen) atoms. The highest BCUT2D eigenvalue weighted by molar-refractivity contribution is 6.33. The van der Waals surface area contributed by atoms with Crippen molar-refractivity contribution in [3.05, 3.63) is 65.2 Å². The van der Waals surface area contributed by atoms with Gasteiger partial charge in [-0.2, -0.15) is 0 Å². The minimum absolute atomic E-state index is 0.316. The zero-order chi connectivity index (χ0) is 19.9. The van der Waals surface area contributed by atoms with Gasteiger partial charge in [0.15, 0.2) is 0 Å². The number of urea groups is 1. The van der Waals surface area contributed by atoms with Crippen LogP contribution in [-0.2, 0) is 4.79 Å². The number of nitrogens with one attached hydrogen (secondary N) is 2. The van der Waals surface area contributed by atoms with E-state index in [1.54, 1.807) is 0 Å². The number of carbonyl (C=O) groups is 2. The number of halogens is 1. The van der Waals surface area contributed by atoms with Crippen molar-refractivity contribution in [3.8, 4) is 0 Å². The topological polar surface area (TPSA) is 64.7 Å². The van der Waals surface area contributed by atoms with Gasteiger partial charge in [0.25, 0.3) is 0 Å². The second kappa shape index (κ2) is 9.57. The Morgan fingerprint density at radius 2 is 1.64 bits per heavy atom. The fourth-order valence-electron chi connectivity index (χ4n) is 3.48. The molecule has 0 aromatic heterocycles. The van der Waals surface area contributed by atoms with E-state index < -0.39 is 12.1 Å². The minimum atomic E-state index is -0.516. The van der Waals surface area contributed by atoms with Gasteiger partial charge in [0, 0.05) is 32.7 Å². The first-order valence-electron chi connectivity index (χ1n) is 9.47. The van der Waals surface area contributed by atoms with E-state index in [9.17, 15) is 9.59 Å². The summed E-state index contributed by atoms with van der Waals surface area (Å²) in [6.07, 6.45) is 0. The number of hydrogen-bond donors (Lipinski definition) is 2. The predicted molar refractivity (Wildman–Crippen MR) is 112 cm³/mol. The maximum Gasteiger partial charge on any atom is 0.321 e. The van der Waals surface area contributed by atoms with Crippen LogP contribution in [0, 0.1) is 0 Å². The van der Waals surface area contributed by atoms with Gasteiger partial charge in [0.1, 0.15) is 6.04 Å². The average molecular weight is 401 g/mol. The molecule has 148 valence electrons. The van der Waals surface area contributed by atoms with Gasteiger partial charge in [-0.25, -0.2) is 4.79 Å². The van der Waals surface area contributed by atoms with E-state index in [0.717, 1.165) is 29.4 Å². The predicted octanol–water partition coefficient (Wildman–Crippen LogP) is 3.05. The molecule has 3 amide bonds. The second-order valence-corrected chi connectivity index (χ2v) is 7.04. The molecule has 2 N–H and O–H groups in total. The van der Waals surface area contributed by atoms with Crippen LogP contribution in [0.5, 0.6) is 0 Å². The number of hydrogen-bond acceptors (Lipinski definition) is 4. The molecule has 6 nitrogen and oxygen atoms in total. The average Bonchev–Trinajstić information content (AvgIpc) is 2.70. The zero-order valence-electron chi connectivity index (χ0n) is 15.9. The molecule has 2 aromatic rings. The van der Waals surface area contributed by atoms with Gasteiger partial charge in [-0.15, -0.1) is 0 Å². The van der Waals surface area contributed by atoms with Crippen LogP contribution in [0.25, 0.3) is 0 Å². The van der Waals surface area contributed by atoms with Crippen molar-refractivity contribution >= 4 is 29.2 Å². The Bertz CT molecular complexity index is 807. The van der Waals surface area contributed by atoms with E-state index in [0.29, 0.717) is 19.6 Å². The maximum atomic E-state index is 12.9. The molecule has 1 aliphatic heterocycles. The highest BCUT2D eigenvalue weighted by Crippen LogP contribution is 2.28. The molecule has 0 radical (unpaired) electrons. The van der Waals surface area contributed by atoms with E-state index in [2.05, 4.69) is 20.4 Å². The minimum Gasteiger partial charge on any atom is -0.368 e. The molecule has 2 aromatic carbocycles. The highest BCUT2D eigenvalue weighted by Gasteiger charge is 2.31. The normalized spacial score (nSPS) is 15.7. The van der Waals surface area contributed by atoms with Gasteiger partial charge in [0.2, 0.25) is 5.91 Å². The van der Waals surface area contributed by atoms with Crippen LogP contribution in [0.4, 0.5) is 10.5 Å². The molecule has 0 unspecified atom stereocenters. The van der Waals surface area contributed by atoms with E-state index in [1.807, 2.05) is 61.5 Å². The van der Waals surface area contributed by atoms with Crippen LogP contribution in [0.3, 0.4) is 0 Å². The van der Waals surface area contributed by atoms with Crippen LogP contribution < -0.4 is 15.5 Å². The molecule has 0 spiro atoms. The molecule has 0 saturated carbocycles. The molecule has 1 heterocycles. The first kappa shape index (κ1) is 20.2. The summed E-state index contributed by atoms with van der Waals surface area (Å²) in [5.74, 6) is -0.316. The van der Waals surface area contributed by atoms with Crippen molar-refractivity contribution in [3.63, 3.8) is 0 Å². The van der Waals surface area contributed by atoms with Crippen LogP contribution in [0.15, 0.2) is 54.6 Å². The fraction of sp³-hybridized carbons (Fsp3) is 0.333. The number of imide groups is 1. The SMILES string of the molecule is CCNC(=O)NC(=O)[C@@H](c1ccccc1)N1CCN(c2ccccc2Cl)CC1. The molecule has 0 aliphatic carbocycles. The Kier molecular flexibility index (Phi) is 6.90. The molecule has 1 saturated heterocycles. The second-order valence-electron chi connectivity index (χ2n) is 6.64. The summed E-state index contributed by atoms with van der Waals surface area (Å²) in [6.45, 7) is 5.16. The van der Waals surface area contributed by atoms with Crippen molar-refractivity contribution in [1.29, 1.82) is 0 Å². The van der Waals surface area contributed by atoms with E-state index in [-0.39, 0.29) is 5.91 Å². The molecular weight excluding hydrogens is 376 g/mol. The number of piperazine rings is 1. The Labute approximate surface area is 170 Å². The Morgan fingerprint density at radius 1 is 1.00 bits per heavy atom. The van der Waals surface area contributed by atoms with Gasteiger partial charge < -0.3 is 10.2 Å². The first-order valence-corrected chi connectivity index (χ1v) is 9.85. The third kappa shape index (κ3) is 4.82. The highest BCUT2D eigenvalue weighted by atomic mass is 35.5. The summed E-state index contributed by atoms with van der Waals surface area (Å²) >= 11 is 6.33.